The number of aromatic nitrogens is 1. The SMILES string of the molecule is CC(=O)N1C=Cc2ccccc2[C@@H]1CC(=O)N(C)c1nc2ccccc2s1. The number of rotatable bonds is 3. The molecule has 0 saturated heterocycles. The van der Waals surface area contributed by atoms with E-state index in [9.17, 15) is 9.59 Å². The third kappa shape index (κ3) is 3.24. The van der Waals surface area contributed by atoms with Crippen molar-refractivity contribution in [3.05, 3.63) is 65.9 Å². The quantitative estimate of drug-likeness (QED) is 0.687. The molecule has 136 valence electrons. The molecule has 2 aromatic carbocycles. The Kier molecular flexibility index (Phi) is 4.49. The molecule has 5 nitrogen and oxygen atoms in total. The smallest absolute Gasteiger partial charge is 0.230 e. The van der Waals surface area contributed by atoms with Gasteiger partial charge in [0.05, 0.1) is 22.7 Å². The summed E-state index contributed by atoms with van der Waals surface area (Å²) in [5.41, 5.74) is 2.91. The van der Waals surface area contributed by atoms with E-state index in [-0.39, 0.29) is 24.3 Å². The molecule has 0 radical (unpaired) electrons. The molecule has 4 rings (SSSR count). The van der Waals surface area contributed by atoms with Gasteiger partial charge in [-0.2, -0.15) is 0 Å². The van der Waals surface area contributed by atoms with Crippen LogP contribution in [0, 0.1) is 0 Å². The Morgan fingerprint density at radius 2 is 1.89 bits per heavy atom. The Labute approximate surface area is 161 Å². The van der Waals surface area contributed by atoms with E-state index in [0.717, 1.165) is 21.3 Å². The van der Waals surface area contributed by atoms with E-state index in [4.69, 9.17) is 0 Å². The first-order chi connectivity index (χ1) is 13.0. The van der Waals surface area contributed by atoms with Crippen LogP contribution in [0.3, 0.4) is 0 Å². The maximum Gasteiger partial charge on any atom is 0.230 e. The van der Waals surface area contributed by atoms with Crippen molar-refractivity contribution in [2.24, 2.45) is 0 Å². The monoisotopic (exact) mass is 377 g/mol. The fourth-order valence-electron chi connectivity index (χ4n) is 3.33. The average molecular weight is 377 g/mol. The number of fused-ring (bicyclic) bond motifs is 2. The fraction of sp³-hybridized carbons (Fsp3) is 0.190. The van der Waals surface area contributed by atoms with E-state index in [0.29, 0.717) is 5.13 Å². The molecule has 2 amide bonds. The molecule has 0 bridgehead atoms. The maximum atomic E-state index is 13.0. The summed E-state index contributed by atoms with van der Waals surface area (Å²) in [6.07, 6.45) is 3.88. The minimum Gasteiger partial charge on any atom is -0.311 e. The van der Waals surface area contributed by atoms with Crippen molar-refractivity contribution in [3.63, 3.8) is 0 Å². The van der Waals surface area contributed by atoms with E-state index in [2.05, 4.69) is 4.98 Å². The number of benzene rings is 2. The molecule has 0 aliphatic carbocycles. The van der Waals surface area contributed by atoms with Crippen molar-refractivity contribution < 1.29 is 9.59 Å². The largest absolute Gasteiger partial charge is 0.311 e. The van der Waals surface area contributed by atoms with Gasteiger partial charge >= 0.3 is 0 Å². The summed E-state index contributed by atoms with van der Waals surface area (Å²) in [7, 11) is 1.74. The molecule has 0 N–H and O–H groups in total. The third-order valence-electron chi connectivity index (χ3n) is 4.78. The minimum absolute atomic E-state index is 0.0737. The molecular weight excluding hydrogens is 358 g/mol. The molecule has 1 aromatic heterocycles. The first kappa shape index (κ1) is 17.4. The summed E-state index contributed by atoms with van der Waals surface area (Å²) in [4.78, 5) is 32.9. The van der Waals surface area contributed by atoms with Crippen LogP contribution in [0.1, 0.15) is 30.5 Å². The molecule has 0 fully saturated rings. The first-order valence-corrected chi connectivity index (χ1v) is 9.54. The van der Waals surface area contributed by atoms with Crippen molar-refractivity contribution in [2.75, 3.05) is 11.9 Å². The van der Waals surface area contributed by atoms with E-state index in [1.807, 2.05) is 54.6 Å². The van der Waals surface area contributed by atoms with E-state index in [1.165, 1.54) is 18.3 Å². The van der Waals surface area contributed by atoms with Gasteiger partial charge in [0.2, 0.25) is 11.8 Å². The van der Waals surface area contributed by atoms with E-state index in [1.54, 1.807) is 23.0 Å². The molecule has 0 saturated carbocycles. The van der Waals surface area contributed by atoms with Crippen LogP contribution >= 0.6 is 11.3 Å². The summed E-state index contributed by atoms with van der Waals surface area (Å²) in [6.45, 7) is 1.52. The van der Waals surface area contributed by atoms with Crippen molar-refractivity contribution in [2.45, 2.75) is 19.4 Å². The van der Waals surface area contributed by atoms with Crippen LogP contribution in [-0.2, 0) is 9.59 Å². The lowest BCUT2D eigenvalue weighted by molar-refractivity contribution is -0.129. The lowest BCUT2D eigenvalue weighted by atomic mass is 9.93. The van der Waals surface area contributed by atoms with Crippen LogP contribution in [0.2, 0.25) is 0 Å². The zero-order valence-electron chi connectivity index (χ0n) is 15.1. The second-order valence-corrected chi connectivity index (χ2v) is 7.52. The van der Waals surface area contributed by atoms with Gasteiger partial charge in [0.1, 0.15) is 0 Å². The molecule has 0 spiro atoms. The Balaban J connectivity index is 1.61. The molecular formula is C21H19N3O2S. The van der Waals surface area contributed by atoms with Crippen molar-refractivity contribution in [1.82, 2.24) is 9.88 Å². The van der Waals surface area contributed by atoms with Crippen LogP contribution in [-0.4, -0.2) is 28.7 Å². The lowest BCUT2D eigenvalue weighted by Crippen LogP contribution is -2.36. The number of hydrogen-bond donors (Lipinski definition) is 0. The number of amides is 2. The van der Waals surface area contributed by atoms with Crippen molar-refractivity contribution in [3.8, 4) is 0 Å². The minimum atomic E-state index is -0.312. The zero-order valence-corrected chi connectivity index (χ0v) is 15.9. The van der Waals surface area contributed by atoms with Crippen LogP contribution in [0.25, 0.3) is 16.3 Å². The van der Waals surface area contributed by atoms with Crippen LogP contribution in [0.4, 0.5) is 5.13 Å². The Bertz CT molecular complexity index is 1020. The topological polar surface area (TPSA) is 53.5 Å². The Morgan fingerprint density at radius 1 is 1.15 bits per heavy atom. The summed E-state index contributed by atoms with van der Waals surface area (Å²) in [5, 5.41) is 0.662. The van der Waals surface area contributed by atoms with Crippen molar-refractivity contribution >= 4 is 44.6 Å². The Hall–Kier alpha value is -2.99. The first-order valence-electron chi connectivity index (χ1n) is 8.73. The van der Waals surface area contributed by atoms with Gasteiger partial charge in [-0.25, -0.2) is 4.98 Å². The standard InChI is InChI=1S/C21H19N3O2S/c1-14(25)24-12-11-15-7-3-4-8-16(15)18(24)13-20(26)23(2)21-22-17-9-5-6-10-19(17)27-21/h3-12,18H,13H2,1-2H3/t18-/m0/s1. The molecule has 1 atom stereocenters. The second-order valence-electron chi connectivity index (χ2n) is 6.51. The normalized spacial score (nSPS) is 15.6. The van der Waals surface area contributed by atoms with Crippen LogP contribution in [0.5, 0.6) is 0 Å². The highest BCUT2D eigenvalue weighted by atomic mass is 32.1. The molecule has 1 aliphatic heterocycles. The van der Waals surface area contributed by atoms with E-state index < -0.39 is 0 Å². The number of para-hydroxylation sites is 1. The fourth-order valence-corrected chi connectivity index (χ4v) is 4.27. The molecule has 6 heteroatoms. The second kappa shape index (κ2) is 6.96. The zero-order chi connectivity index (χ0) is 19.0. The third-order valence-corrected chi connectivity index (χ3v) is 5.89. The van der Waals surface area contributed by atoms with Crippen molar-refractivity contribution in [1.29, 1.82) is 0 Å². The van der Waals surface area contributed by atoms with Gasteiger partial charge in [-0.3, -0.25) is 14.5 Å². The summed E-state index contributed by atoms with van der Waals surface area (Å²) in [5.74, 6) is -0.156. The number of carbonyl (C=O) groups is 2. The highest BCUT2D eigenvalue weighted by Crippen LogP contribution is 2.34. The molecule has 27 heavy (non-hydrogen) atoms. The number of carbonyl (C=O) groups excluding carboxylic acids is 2. The van der Waals surface area contributed by atoms with Gasteiger partial charge < -0.3 is 4.90 Å². The number of nitrogens with zero attached hydrogens (tertiary/aromatic N) is 3. The number of thiazole rings is 1. The number of hydrogen-bond acceptors (Lipinski definition) is 4. The summed E-state index contributed by atoms with van der Waals surface area (Å²) >= 11 is 1.49. The highest BCUT2D eigenvalue weighted by Gasteiger charge is 2.30. The van der Waals surface area contributed by atoms with Crippen LogP contribution < -0.4 is 4.90 Å². The van der Waals surface area contributed by atoms with Gasteiger partial charge in [-0.15, -0.1) is 0 Å². The van der Waals surface area contributed by atoms with Crippen LogP contribution in [0.15, 0.2) is 54.7 Å². The molecule has 2 heterocycles. The predicted molar refractivity (Wildman–Crippen MR) is 108 cm³/mol. The number of anilines is 1. The maximum absolute atomic E-state index is 13.0. The summed E-state index contributed by atoms with van der Waals surface area (Å²) < 4.78 is 1.04. The molecule has 0 unspecified atom stereocenters. The predicted octanol–water partition coefficient (Wildman–Crippen LogP) is 4.22. The average Bonchev–Trinajstić information content (AvgIpc) is 3.11. The highest BCUT2D eigenvalue weighted by molar-refractivity contribution is 7.22. The van der Waals surface area contributed by atoms with Gasteiger partial charge in [0, 0.05) is 20.2 Å². The van der Waals surface area contributed by atoms with Gasteiger partial charge in [0.15, 0.2) is 5.13 Å². The lowest BCUT2D eigenvalue weighted by Gasteiger charge is -2.33. The van der Waals surface area contributed by atoms with Gasteiger partial charge in [-0.05, 0) is 29.3 Å². The van der Waals surface area contributed by atoms with E-state index >= 15 is 0 Å². The molecule has 3 aromatic rings. The Morgan fingerprint density at radius 3 is 2.67 bits per heavy atom. The van der Waals surface area contributed by atoms with Gasteiger partial charge in [0.25, 0.3) is 0 Å². The molecule has 1 aliphatic rings. The summed E-state index contributed by atoms with van der Waals surface area (Å²) in [6, 6.07) is 15.4. The van der Waals surface area contributed by atoms with Gasteiger partial charge in [-0.1, -0.05) is 47.7 Å².